The Labute approximate surface area is 101 Å². The van der Waals surface area contributed by atoms with Gasteiger partial charge in [0.1, 0.15) is 5.67 Å². The Morgan fingerprint density at radius 3 is 1.94 bits per heavy atom. The second-order valence-corrected chi connectivity index (χ2v) is 5.45. The Balaban J connectivity index is 2.64. The zero-order chi connectivity index (χ0) is 12.8. The summed E-state index contributed by atoms with van der Waals surface area (Å²) >= 11 is 0. The highest BCUT2D eigenvalue weighted by atomic mass is 19.1. The molecule has 1 aromatic carbocycles. The van der Waals surface area contributed by atoms with Gasteiger partial charge in [-0.1, -0.05) is 0 Å². The first-order valence-corrected chi connectivity index (χ1v) is 5.62. The van der Waals surface area contributed by atoms with Crippen molar-refractivity contribution in [2.24, 2.45) is 5.73 Å². The number of nitrogens with two attached hydrogens (primary N) is 1. The molecule has 0 bridgehead atoms. The van der Waals surface area contributed by atoms with Crippen molar-refractivity contribution in [1.82, 2.24) is 0 Å². The lowest BCUT2D eigenvalue weighted by Gasteiger charge is -2.27. The molecule has 3 nitrogen and oxygen atoms in total. The molecule has 94 valence electrons. The molecule has 0 aromatic heterocycles. The normalized spacial score (nSPS) is 15.2. The summed E-state index contributed by atoms with van der Waals surface area (Å²) in [6, 6.07) is 3.46. The summed E-state index contributed by atoms with van der Waals surface area (Å²) in [5.74, 6) is 1.21. The van der Waals surface area contributed by atoms with Gasteiger partial charge in [0.15, 0.2) is 11.5 Å². The van der Waals surface area contributed by atoms with Crippen LogP contribution in [-0.2, 0) is 11.2 Å². The Hall–Kier alpha value is -1.29. The number of fused-ring (bicyclic) bond motifs is 1. The number of rotatable bonds is 2. The van der Waals surface area contributed by atoms with Crippen molar-refractivity contribution in [3.05, 3.63) is 23.3 Å². The van der Waals surface area contributed by atoms with Crippen molar-refractivity contribution >= 4 is 0 Å². The maximum absolute atomic E-state index is 14.2. The monoisotopic (exact) mass is 239 g/mol. The van der Waals surface area contributed by atoms with Gasteiger partial charge in [-0.2, -0.15) is 0 Å². The molecule has 0 fully saturated rings. The third-order valence-electron chi connectivity index (χ3n) is 2.85. The molecule has 0 spiro atoms. The van der Waals surface area contributed by atoms with Crippen LogP contribution in [0.4, 0.5) is 4.39 Å². The molecular weight excluding hydrogens is 221 g/mol. The second kappa shape index (κ2) is 3.60. The Morgan fingerprint density at radius 2 is 1.53 bits per heavy atom. The fourth-order valence-corrected chi connectivity index (χ4v) is 1.97. The third kappa shape index (κ3) is 2.22. The number of ether oxygens (including phenoxy) is 2. The van der Waals surface area contributed by atoms with Crippen LogP contribution in [0.3, 0.4) is 0 Å². The minimum absolute atomic E-state index is 0.177. The van der Waals surface area contributed by atoms with Crippen molar-refractivity contribution in [2.45, 2.75) is 38.9 Å². The predicted molar refractivity (Wildman–Crippen MR) is 63.9 cm³/mol. The second-order valence-electron chi connectivity index (χ2n) is 5.45. The number of hydrogen-bond acceptors (Lipinski definition) is 3. The van der Waals surface area contributed by atoms with Crippen LogP contribution in [0.25, 0.3) is 0 Å². The third-order valence-corrected chi connectivity index (χ3v) is 2.85. The van der Waals surface area contributed by atoms with Gasteiger partial charge in [0.05, 0.1) is 0 Å². The van der Waals surface area contributed by atoms with E-state index in [-0.39, 0.29) is 6.79 Å². The molecule has 4 heteroatoms. The molecule has 17 heavy (non-hydrogen) atoms. The van der Waals surface area contributed by atoms with Crippen LogP contribution in [0.2, 0.25) is 0 Å². The van der Waals surface area contributed by atoms with Crippen molar-refractivity contribution < 1.29 is 13.9 Å². The standard InChI is InChI=1S/C13H18FNO2/c1-12(2,14)8-5-10-11(17-7-16-10)6-9(8)13(3,4)15/h5-6H,7,15H2,1-4H3. The van der Waals surface area contributed by atoms with E-state index in [9.17, 15) is 4.39 Å². The van der Waals surface area contributed by atoms with E-state index < -0.39 is 11.2 Å². The van der Waals surface area contributed by atoms with Gasteiger partial charge in [-0.15, -0.1) is 0 Å². The summed E-state index contributed by atoms with van der Waals surface area (Å²) in [7, 11) is 0. The van der Waals surface area contributed by atoms with Crippen molar-refractivity contribution in [3.8, 4) is 11.5 Å². The van der Waals surface area contributed by atoms with Gasteiger partial charge in [-0.3, -0.25) is 0 Å². The summed E-state index contributed by atoms with van der Waals surface area (Å²) < 4.78 is 24.8. The molecule has 0 radical (unpaired) electrons. The molecule has 2 rings (SSSR count). The maximum atomic E-state index is 14.2. The van der Waals surface area contributed by atoms with E-state index in [2.05, 4.69) is 0 Å². The molecule has 1 aliphatic heterocycles. The van der Waals surface area contributed by atoms with Crippen LogP contribution >= 0.6 is 0 Å². The molecule has 0 saturated heterocycles. The number of benzene rings is 1. The zero-order valence-electron chi connectivity index (χ0n) is 10.6. The molecule has 0 unspecified atom stereocenters. The first-order chi connectivity index (χ1) is 7.69. The fourth-order valence-electron chi connectivity index (χ4n) is 1.97. The zero-order valence-corrected chi connectivity index (χ0v) is 10.6. The molecule has 1 aromatic rings. The topological polar surface area (TPSA) is 44.5 Å². The van der Waals surface area contributed by atoms with Crippen molar-refractivity contribution in [2.75, 3.05) is 6.79 Å². The molecule has 1 heterocycles. The lowest BCUT2D eigenvalue weighted by molar-refractivity contribution is 0.173. The van der Waals surface area contributed by atoms with Crippen LogP contribution < -0.4 is 15.2 Å². The van der Waals surface area contributed by atoms with Crippen molar-refractivity contribution in [3.63, 3.8) is 0 Å². The molecule has 0 aliphatic carbocycles. The summed E-state index contributed by atoms with van der Waals surface area (Å²) in [5.41, 5.74) is 5.29. The predicted octanol–water partition coefficient (Wildman–Crippen LogP) is 2.81. The smallest absolute Gasteiger partial charge is 0.231 e. The first-order valence-electron chi connectivity index (χ1n) is 5.62. The van der Waals surface area contributed by atoms with Crippen LogP contribution in [-0.4, -0.2) is 6.79 Å². The van der Waals surface area contributed by atoms with E-state index in [1.165, 1.54) is 13.8 Å². The van der Waals surface area contributed by atoms with Crippen LogP contribution in [0.1, 0.15) is 38.8 Å². The molecule has 0 atom stereocenters. The molecule has 1 aliphatic rings. The summed E-state index contributed by atoms with van der Waals surface area (Å²) in [6.07, 6.45) is 0. The van der Waals surface area contributed by atoms with Crippen LogP contribution in [0.15, 0.2) is 12.1 Å². The Bertz CT molecular complexity index is 403. The van der Waals surface area contributed by atoms with E-state index in [0.717, 1.165) is 5.56 Å². The minimum atomic E-state index is -1.47. The highest BCUT2D eigenvalue weighted by molar-refractivity contribution is 5.52. The molecule has 0 amide bonds. The molecule has 0 saturated carbocycles. The Morgan fingerprint density at radius 1 is 1.06 bits per heavy atom. The van der Waals surface area contributed by atoms with Gasteiger partial charge in [0, 0.05) is 5.54 Å². The van der Waals surface area contributed by atoms with Gasteiger partial charge in [-0.05, 0) is 51.0 Å². The fraction of sp³-hybridized carbons (Fsp3) is 0.538. The number of halogens is 1. The van der Waals surface area contributed by atoms with Crippen LogP contribution in [0, 0.1) is 0 Å². The SMILES string of the molecule is CC(C)(N)c1cc2c(cc1C(C)(C)F)OCO2. The van der Waals surface area contributed by atoms with E-state index >= 15 is 0 Å². The number of alkyl halides is 1. The summed E-state index contributed by atoms with van der Waals surface area (Å²) in [5, 5.41) is 0. The highest BCUT2D eigenvalue weighted by Crippen LogP contribution is 2.42. The van der Waals surface area contributed by atoms with E-state index in [4.69, 9.17) is 15.2 Å². The average Bonchev–Trinajstić information content (AvgIpc) is 2.59. The van der Waals surface area contributed by atoms with Gasteiger partial charge in [0.25, 0.3) is 0 Å². The van der Waals surface area contributed by atoms with E-state index in [0.29, 0.717) is 17.1 Å². The van der Waals surface area contributed by atoms with Gasteiger partial charge in [-0.25, -0.2) is 4.39 Å². The molecule has 2 N–H and O–H groups in total. The quantitative estimate of drug-likeness (QED) is 0.863. The van der Waals surface area contributed by atoms with Gasteiger partial charge < -0.3 is 15.2 Å². The lowest BCUT2D eigenvalue weighted by Crippen LogP contribution is -2.32. The minimum Gasteiger partial charge on any atom is -0.454 e. The van der Waals surface area contributed by atoms with Gasteiger partial charge >= 0.3 is 0 Å². The summed E-state index contributed by atoms with van der Waals surface area (Å²) in [4.78, 5) is 0. The summed E-state index contributed by atoms with van der Waals surface area (Å²) in [6.45, 7) is 6.90. The van der Waals surface area contributed by atoms with Gasteiger partial charge in [0.2, 0.25) is 6.79 Å². The highest BCUT2D eigenvalue weighted by Gasteiger charge is 2.31. The average molecular weight is 239 g/mol. The van der Waals surface area contributed by atoms with Crippen molar-refractivity contribution in [1.29, 1.82) is 0 Å². The molecular formula is C13H18FNO2. The largest absolute Gasteiger partial charge is 0.454 e. The lowest BCUT2D eigenvalue weighted by atomic mass is 9.84. The Kier molecular flexibility index (Phi) is 2.58. The van der Waals surface area contributed by atoms with Crippen LogP contribution in [0.5, 0.6) is 11.5 Å². The van der Waals surface area contributed by atoms with E-state index in [1.807, 2.05) is 13.8 Å². The number of hydrogen-bond donors (Lipinski definition) is 1. The van der Waals surface area contributed by atoms with E-state index in [1.54, 1.807) is 12.1 Å². The first kappa shape index (κ1) is 12.2. The maximum Gasteiger partial charge on any atom is 0.231 e.